The van der Waals surface area contributed by atoms with E-state index in [1.807, 2.05) is 19.9 Å². The van der Waals surface area contributed by atoms with Crippen LogP contribution in [0.5, 0.6) is 11.5 Å². The Kier molecular flexibility index (Phi) is 6.94. The number of methoxy groups -OCH3 is 2. The van der Waals surface area contributed by atoms with Crippen LogP contribution in [0.15, 0.2) is 63.7 Å². The number of allylic oxidation sites excluding steroid dienone is 2. The van der Waals surface area contributed by atoms with Crippen LogP contribution in [0.25, 0.3) is 0 Å². The van der Waals surface area contributed by atoms with Gasteiger partial charge in [0.1, 0.15) is 5.82 Å². The molecule has 2 heterocycles. The van der Waals surface area contributed by atoms with E-state index in [-0.39, 0.29) is 22.4 Å². The Labute approximate surface area is 229 Å². The number of thioether (sulfide) groups is 1. The van der Waals surface area contributed by atoms with E-state index < -0.39 is 10.8 Å². The van der Waals surface area contributed by atoms with Crippen LogP contribution < -0.4 is 20.3 Å². The van der Waals surface area contributed by atoms with Crippen molar-refractivity contribution in [3.8, 4) is 11.5 Å². The summed E-state index contributed by atoms with van der Waals surface area (Å²) in [4.78, 5) is 45.2. The zero-order valence-corrected chi connectivity index (χ0v) is 22.8. The summed E-state index contributed by atoms with van der Waals surface area (Å²) in [5.41, 5.74) is 2.74. The molecular formula is C28H28N4O6S. The second-order valence-electron chi connectivity index (χ2n) is 10.4. The van der Waals surface area contributed by atoms with Crippen LogP contribution >= 0.6 is 11.8 Å². The number of carbonyl (C=O) groups is 1. The van der Waals surface area contributed by atoms with Crippen LogP contribution in [-0.4, -0.2) is 34.9 Å². The summed E-state index contributed by atoms with van der Waals surface area (Å²) in [6.45, 7) is 4.10. The van der Waals surface area contributed by atoms with Crippen molar-refractivity contribution in [3.63, 3.8) is 0 Å². The number of hydrogen-bond acceptors (Lipinski definition) is 9. The molecule has 1 atom stereocenters. The number of ether oxygens (including phenoxy) is 2. The zero-order chi connectivity index (χ0) is 27.9. The molecule has 0 saturated heterocycles. The Morgan fingerprint density at radius 1 is 1.08 bits per heavy atom. The molecule has 5 rings (SSSR count). The van der Waals surface area contributed by atoms with Gasteiger partial charge in [-0.1, -0.05) is 43.8 Å². The number of aromatic nitrogens is 2. The van der Waals surface area contributed by atoms with Gasteiger partial charge in [-0.2, -0.15) is 0 Å². The van der Waals surface area contributed by atoms with Gasteiger partial charge in [-0.15, -0.1) is 0 Å². The molecule has 10 nitrogen and oxygen atoms in total. The van der Waals surface area contributed by atoms with Crippen LogP contribution in [0.2, 0.25) is 0 Å². The number of rotatable bonds is 7. The lowest BCUT2D eigenvalue weighted by Gasteiger charge is -2.38. The summed E-state index contributed by atoms with van der Waals surface area (Å²) in [6, 6.07) is 11.7. The minimum Gasteiger partial charge on any atom is -0.493 e. The van der Waals surface area contributed by atoms with E-state index in [0.717, 1.165) is 16.8 Å². The van der Waals surface area contributed by atoms with Gasteiger partial charge in [0.15, 0.2) is 22.4 Å². The molecule has 11 heteroatoms. The van der Waals surface area contributed by atoms with Crippen LogP contribution in [0.4, 0.5) is 11.5 Å². The first kappa shape index (κ1) is 26.5. The van der Waals surface area contributed by atoms with Gasteiger partial charge >= 0.3 is 0 Å². The zero-order valence-electron chi connectivity index (χ0n) is 22.0. The third-order valence-corrected chi connectivity index (χ3v) is 7.91. The minimum absolute atomic E-state index is 0.00444. The van der Waals surface area contributed by atoms with E-state index in [0.29, 0.717) is 52.2 Å². The van der Waals surface area contributed by atoms with Crippen molar-refractivity contribution in [2.75, 3.05) is 19.5 Å². The maximum absolute atomic E-state index is 13.6. The molecule has 1 aromatic heterocycles. The second kappa shape index (κ2) is 10.2. The number of ketones is 1. The smallest absolute Gasteiger partial charge is 0.269 e. The first-order chi connectivity index (χ1) is 18.6. The number of aromatic amines is 1. The van der Waals surface area contributed by atoms with E-state index in [1.165, 1.54) is 23.9 Å². The first-order valence-corrected chi connectivity index (χ1v) is 13.3. The molecule has 0 fully saturated rings. The van der Waals surface area contributed by atoms with Crippen molar-refractivity contribution >= 4 is 29.1 Å². The highest BCUT2D eigenvalue weighted by molar-refractivity contribution is 7.98. The van der Waals surface area contributed by atoms with Gasteiger partial charge < -0.3 is 19.8 Å². The van der Waals surface area contributed by atoms with Crippen molar-refractivity contribution in [1.29, 1.82) is 0 Å². The predicted molar refractivity (Wildman–Crippen MR) is 148 cm³/mol. The number of hydrogen-bond donors (Lipinski definition) is 2. The number of benzene rings is 2. The van der Waals surface area contributed by atoms with E-state index in [1.54, 1.807) is 38.5 Å². The Hall–Kier alpha value is -4.12. The van der Waals surface area contributed by atoms with Crippen molar-refractivity contribution in [2.45, 2.75) is 43.5 Å². The van der Waals surface area contributed by atoms with Crippen LogP contribution in [0, 0.1) is 15.5 Å². The van der Waals surface area contributed by atoms with Gasteiger partial charge in [0.05, 0.1) is 24.7 Å². The molecule has 2 N–H and O–H groups in total. The first-order valence-electron chi connectivity index (χ1n) is 12.4. The quantitative estimate of drug-likeness (QED) is 0.177. The fourth-order valence-corrected chi connectivity index (χ4v) is 6.01. The van der Waals surface area contributed by atoms with Crippen LogP contribution in [0.1, 0.15) is 49.3 Å². The van der Waals surface area contributed by atoms with Crippen molar-refractivity contribution in [3.05, 3.63) is 90.9 Å². The number of non-ortho nitro benzene ring substituents is 1. The van der Waals surface area contributed by atoms with Gasteiger partial charge in [-0.25, -0.2) is 4.98 Å². The number of nitrogens with zero attached hydrogens (tertiary/aromatic N) is 2. The Balaban J connectivity index is 1.56. The largest absolute Gasteiger partial charge is 0.493 e. The summed E-state index contributed by atoms with van der Waals surface area (Å²) in [6.07, 6.45) is 1.01. The molecule has 2 aromatic carbocycles. The molecule has 0 saturated carbocycles. The summed E-state index contributed by atoms with van der Waals surface area (Å²) in [7, 11) is 3.09. The molecule has 0 amide bonds. The lowest BCUT2D eigenvalue weighted by atomic mass is 9.69. The Morgan fingerprint density at radius 2 is 1.79 bits per heavy atom. The molecule has 0 spiro atoms. The number of anilines is 1. The third kappa shape index (κ3) is 5.14. The molecular weight excluding hydrogens is 520 g/mol. The monoisotopic (exact) mass is 548 g/mol. The van der Waals surface area contributed by atoms with Gasteiger partial charge in [-0.05, 0) is 35.1 Å². The van der Waals surface area contributed by atoms with Crippen molar-refractivity contribution in [2.24, 2.45) is 5.41 Å². The van der Waals surface area contributed by atoms with Gasteiger partial charge in [0, 0.05) is 41.5 Å². The summed E-state index contributed by atoms with van der Waals surface area (Å²) < 4.78 is 10.9. The number of nitro groups is 1. The lowest BCUT2D eigenvalue weighted by Crippen LogP contribution is -2.37. The van der Waals surface area contributed by atoms with E-state index >= 15 is 0 Å². The molecule has 1 aliphatic heterocycles. The fraction of sp³-hybridized carbons (Fsp3) is 0.321. The molecule has 39 heavy (non-hydrogen) atoms. The summed E-state index contributed by atoms with van der Waals surface area (Å²) in [5, 5.41) is 14.7. The standard InChI is InChI=1S/C28H28N4O6S/c1-28(2)12-18-23(19(33)13-28)22(16-7-10-20(37-3)21(11-16)38-4)24-25(29-18)30-27(31-26(24)34)39-14-15-5-8-17(9-6-15)32(35)36/h5-11,22H,12-14H2,1-4H3,(H2,29,30,31,34)/t22-/m0/s1. The highest BCUT2D eigenvalue weighted by Crippen LogP contribution is 2.48. The topological polar surface area (TPSA) is 136 Å². The molecule has 202 valence electrons. The SMILES string of the molecule is COc1ccc([C@H]2C3=C(CC(C)(C)CC3=O)Nc3nc(SCc4ccc([N+](=O)[O-])cc4)[nH]c(=O)c32)cc1OC. The Morgan fingerprint density at radius 3 is 2.46 bits per heavy atom. The highest BCUT2D eigenvalue weighted by Gasteiger charge is 2.42. The number of fused-ring (bicyclic) bond motifs is 1. The molecule has 0 bridgehead atoms. The van der Waals surface area contributed by atoms with Gasteiger partial charge in [0.25, 0.3) is 11.2 Å². The lowest BCUT2D eigenvalue weighted by molar-refractivity contribution is -0.384. The highest BCUT2D eigenvalue weighted by atomic mass is 32.2. The second-order valence-corrected chi connectivity index (χ2v) is 11.3. The van der Waals surface area contributed by atoms with Gasteiger partial charge in [0.2, 0.25) is 0 Å². The number of carbonyl (C=O) groups excluding carboxylic acids is 1. The van der Waals surface area contributed by atoms with E-state index in [9.17, 15) is 19.7 Å². The molecule has 0 radical (unpaired) electrons. The number of H-pyrrole nitrogens is 1. The van der Waals surface area contributed by atoms with E-state index in [4.69, 9.17) is 14.5 Å². The third-order valence-electron chi connectivity index (χ3n) is 6.96. The van der Waals surface area contributed by atoms with Crippen LogP contribution in [0.3, 0.4) is 0 Å². The van der Waals surface area contributed by atoms with Crippen LogP contribution in [-0.2, 0) is 10.5 Å². The van der Waals surface area contributed by atoms with Gasteiger partial charge in [-0.3, -0.25) is 19.7 Å². The maximum atomic E-state index is 13.6. The van der Waals surface area contributed by atoms with Crippen molar-refractivity contribution in [1.82, 2.24) is 9.97 Å². The predicted octanol–water partition coefficient (Wildman–Crippen LogP) is 5.19. The molecule has 2 aliphatic rings. The normalized spacial score (nSPS) is 17.6. The number of nitrogens with one attached hydrogen (secondary N) is 2. The number of Topliss-reactive ketones (excluding diaryl/α,β-unsaturated/α-hetero) is 1. The maximum Gasteiger partial charge on any atom is 0.269 e. The van der Waals surface area contributed by atoms with E-state index in [2.05, 4.69) is 10.3 Å². The Bertz CT molecular complexity index is 1560. The average Bonchev–Trinajstić information content (AvgIpc) is 2.89. The average molecular weight is 549 g/mol. The molecule has 0 unspecified atom stereocenters. The summed E-state index contributed by atoms with van der Waals surface area (Å²) >= 11 is 1.32. The minimum atomic E-state index is -0.621. The number of nitro benzene ring substituents is 1. The molecule has 1 aliphatic carbocycles. The molecule has 3 aromatic rings. The summed E-state index contributed by atoms with van der Waals surface area (Å²) in [5.74, 6) is 1.29. The fourth-order valence-electron chi connectivity index (χ4n) is 5.19. The van der Waals surface area contributed by atoms with Crippen molar-refractivity contribution < 1.29 is 19.2 Å².